The highest BCUT2D eigenvalue weighted by atomic mass is 16.1. The van der Waals surface area contributed by atoms with Crippen molar-refractivity contribution in [2.24, 2.45) is 0 Å². The second-order valence-corrected chi connectivity index (χ2v) is 4.84. The number of anilines is 1. The first-order chi connectivity index (χ1) is 10.7. The number of carbonyl (C=O) groups is 1. The summed E-state index contributed by atoms with van der Waals surface area (Å²) in [6.07, 6.45) is 4.75. The molecule has 0 atom stereocenters. The second-order valence-electron chi connectivity index (χ2n) is 4.84. The number of nitrogens with zero attached hydrogens (tertiary/aromatic N) is 3. The van der Waals surface area contributed by atoms with E-state index in [0.29, 0.717) is 11.4 Å². The Morgan fingerprint density at radius 3 is 2.50 bits per heavy atom. The summed E-state index contributed by atoms with van der Waals surface area (Å²) < 4.78 is 0. The minimum absolute atomic E-state index is 0.206. The minimum atomic E-state index is -0.206. The van der Waals surface area contributed by atoms with Crippen molar-refractivity contribution in [3.8, 4) is 11.3 Å². The standard InChI is InChI=1S/C17H14N4O/c1-12-6-9-19-15(10-12)13-2-4-14(5-3-13)17(22)21-16-7-8-18-11-20-16/h2-11H,1H3,(H,18,20,21,22). The lowest BCUT2D eigenvalue weighted by atomic mass is 10.1. The molecule has 5 heteroatoms. The average molecular weight is 290 g/mol. The number of benzene rings is 1. The molecule has 1 aromatic carbocycles. The van der Waals surface area contributed by atoms with Crippen molar-refractivity contribution < 1.29 is 4.79 Å². The van der Waals surface area contributed by atoms with Gasteiger partial charge in [-0.1, -0.05) is 12.1 Å². The Morgan fingerprint density at radius 2 is 1.82 bits per heavy atom. The zero-order chi connectivity index (χ0) is 15.4. The molecule has 2 aromatic heterocycles. The van der Waals surface area contributed by atoms with E-state index in [4.69, 9.17) is 0 Å². The predicted octanol–water partition coefficient (Wildman–Crippen LogP) is 3.10. The van der Waals surface area contributed by atoms with Gasteiger partial charge in [0.25, 0.3) is 5.91 Å². The first kappa shape index (κ1) is 13.9. The van der Waals surface area contributed by atoms with E-state index in [1.54, 1.807) is 30.6 Å². The molecule has 0 fully saturated rings. The molecule has 0 aliphatic heterocycles. The second kappa shape index (κ2) is 6.13. The van der Waals surface area contributed by atoms with Crippen LogP contribution in [0.25, 0.3) is 11.3 Å². The van der Waals surface area contributed by atoms with Gasteiger partial charge < -0.3 is 5.32 Å². The first-order valence-corrected chi connectivity index (χ1v) is 6.83. The molecule has 1 N–H and O–H groups in total. The van der Waals surface area contributed by atoms with E-state index in [2.05, 4.69) is 20.3 Å². The molecule has 0 aliphatic carbocycles. The van der Waals surface area contributed by atoms with Crippen LogP contribution in [0.4, 0.5) is 5.82 Å². The van der Waals surface area contributed by atoms with E-state index in [0.717, 1.165) is 16.8 Å². The van der Waals surface area contributed by atoms with E-state index in [9.17, 15) is 4.79 Å². The normalized spacial score (nSPS) is 10.2. The van der Waals surface area contributed by atoms with Crippen LogP contribution in [0.3, 0.4) is 0 Å². The fraction of sp³-hybridized carbons (Fsp3) is 0.0588. The van der Waals surface area contributed by atoms with Crippen molar-refractivity contribution in [2.75, 3.05) is 5.32 Å². The topological polar surface area (TPSA) is 67.8 Å². The maximum atomic E-state index is 12.1. The largest absolute Gasteiger partial charge is 0.306 e. The molecule has 5 nitrogen and oxygen atoms in total. The van der Waals surface area contributed by atoms with Gasteiger partial charge in [-0.15, -0.1) is 0 Å². The lowest BCUT2D eigenvalue weighted by molar-refractivity contribution is 0.102. The summed E-state index contributed by atoms with van der Waals surface area (Å²) in [6.45, 7) is 2.02. The summed E-state index contributed by atoms with van der Waals surface area (Å²) in [7, 11) is 0. The highest BCUT2D eigenvalue weighted by Gasteiger charge is 2.07. The summed E-state index contributed by atoms with van der Waals surface area (Å²) in [5.41, 5.74) is 3.58. The number of aromatic nitrogens is 3. The van der Waals surface area contributed by atoms with Gasteiger partial charge in [-0.05, 0) is 42.8 Å². The zero-order valence-corrected chi connectivity index (χ0v) is 12.0. The quantitative estimate of drug-likeness (QED) is 0.804. The molecule has 0 spiro atoms. The number of rotatable bonds is 3. The Labute approximate surface area is 128 Å². The van der Waals surface area contributed by atoms with Crippen molar-refractivity contribution in [3.63, 3.8) is 0 Å². The number of nitrogens with one attached hydrogen (secondary N) is 1. The van der Waals surface area contributed by atoms with E-state index in [1.165, 1.54) is 6.33 Å². The van der Waals surface area contributed by atoms with Gasteiger partial charge in [-0.3, -0.25) is 9.78 Å². The summed E-state index contributed by atoms with van der Waals surface area (Å²) in [4.78, 5) is 24.2. The van der Waals surface area contributed by atoms with Gasteiger partial charge in [0.2, 0.25) is 0 Å². The Balaban J connectivity index is 1.78. The summed E-state index contributed by atoms with van der Waals surface area (Å²) in [5, 5.41) is 2.72. The van der Waals surface area contributed by atoms with Crippen molar-refractivity contribution in [1.29, 1.82) is 0 Å². The Hall–Kier alpha value is -3.08. The van der Waals surface area contributed by atoms with Crippen molar-refractivity contribution in [2.45, 2.75) is 6.92 Å². The molecular formula is C17H14N4O. The van der Waals surface area contributed by atoms with E-state index in [-0.39, 0.29) is 5.91 Å². The third-order valence-electron chi connectivity index (χ3n) is 3.18. The molecule has 0 aliphatic rings. The molecule has 0 bridgehead atoms. The SMILES string of the molecule is Cc1ccnc(-c2ccc(C(=O)Nc3ccncn3)cc2)c1. The molecule has 2 heterocycles. The molecule has 0 saturated carbocycles. The maximum absolute atomic E-state index is 12.1. The molecule has 0 saturated heterocycles. The smallest absolute Gasteiger partial charge is 0.256 e. The van der Waals surface area contributed by atoms with Crippen LogP contribution >= 0.6 is 0 Å². The summed E-state index contributed by atoms with van der Waals surface area (Å²) >= 11 is 0. The van der Waals surface area contributed by atoms with Gasteiger partial charge in [-0.25, -0.2) is 9.97 Å². The summed E-state index contributed by atoms with van der Waals surface area (Å²) in [6, 6.07) is 12.9. The minimum Gasteiger partial charge on any atom is -0.306 e. The molecular weight excluding hydrogens is 276 g/mol. The number of aryl methyl sites for hydroxylation is 1. The highest BCUT2D eigenvalue weighted by molar-refractivity contribution is 6.03. The molecule has 1 amide bonds. The number of amides is 1. The van der Waals surface area contributed by atoms with Gasteiger partial charge in [0.15, 0.2) is 0 Å². The van der Waals surface area contributed by atoms with E-state index < -0.39 is 0 Å². The molecule has 0 unspecified atom stereocenters. The van der Waals surface area contributed by atoms with Crippen molar-refractivity contribution in [3.05, 3.63) is 72.3 Å². The van der Waals surface area contributed by atoms with Gasteiger partial charge >= 0.3 is 0 Å². The van der Waals surface area contributed by atoms with Crippen molar-refractivity contribution in [1.82, 2.24) is 15.0 Å². The van der Waals surface area contributed by atoms with Crippen LogP contribution in [0.2, 0.25) is 0 Å². The van der Waals surface area contributed by atoms with Gasteiger partial charge in [0.1, 0.15) is 12.1 Å². The summed E-state index contributed by atoms with van der Waals surface area (Å²) in [5.74, 6) is 0.270. The Kier molecular flexibility index (Phi) is 3.87. The maximum Gasteiger partial charge on any atom is 0.256 e. The molecule has 0 radical (unpaired) electrons. The predicted molar refractivity (Wildman–Crippen MR) is 84.4 cm³/mol. The van der Waals surface area contributed by atoms with Gasteiger partial charge in [-0.2, -0.15) is 0 Å². The molecule has 22 heavy (non-hydrogen) atoms. The van der Waals surface area contributed by atoms with Gasteiger partial charge in [0.05, 0.1) is 5.69 Å². The Bertz CT molecular complexity index is 785. The van der Waals surface area contributed by atoms with Crippen LogP contribution in [0.5, 0.6) is 0 Å². The molecule has 3 rings (SSSR count). The highest BCUT2D eigenvalue weighted by Crippen LogP contribution is 2.18. The number of hydrogen-bond donors (Lipinski definition) is 1. The van der Waals surface area contributed by atoms with E-state index >= 15 is 0 Å². The third kappa shape index (κ3) is 3.15. The average Bonchev–Trinajstić information content (AvgIpc) is 2.56. The fourth-order valence-electron chi connectivity index (χ4n) is 2.04. The molecule has 108 valence electrons. The Morgan fingerprint density at radius 1 is 1.00 bits per heavy atom. The first-order valence-electron chi connectivity index (χ1n) is 6.83. The van der Waals surface area contributed by atoms with Crippen molar-refractivity contribution >= 4 is 11.7 Å². The molecule has 3 aromatic rings. The van der Waals surface area contributed by atoms with Crippen LogP contribution in [-0.4, -0.2) is 20.9 Å². The third-order valence-corrected chi connectivity index (χ3v) is 3.18. The lowest BCUT2D eigenvalue weighted by Crippen LogP contribution is -2.12. The number of hydrogen-bond acceptors (Lipinski definition) is 4. The van der Waals surface area contributed by atoms with Gasteiger partial charge in [0, 0.05) is 23.5 Å². The van der Waals surface area contributed by atoms with Crippen LogP contribution in [0, 0.1) is 6.92 Å². The number of carbonyl (C=O) groups excluding carboxylic acids is 1. The lowest BCUT2D eigenvalue weighted by Gasteiger charge is -2.05. The van der Waals surface area contributed by atoms with E-state index in [1.807, 2.05) is 31.2 Å². The van der Waals surface area contributed by atoms with Crippen LogP contribution in [0.15, 0.2) is 61.2 Å². The van der Waals surface area contributed by atoms with Crippen LogP contribution in [-0.2, 0) is 0 Å². The monoisotopic (exact) mass is 290 g/mol. The zero-order valence-electron chi connectivity index (χ0n) is 12.0. The number of pyridine rings is 1. The fourth-order valence-corrected chi connectivity index (χ4v) is 2.04. The van der Waals surface area contributed by atoms with Crippen LogP contribution < -0.4 is 5.32 Å². The van der Waals surface area contributed by atoms with Crippen LogP contribution in [0.1, 0.15) is 15.9 Å².